The molecule has 0 aliphatic rings. The highest BCUT2D eigenvalue weighted by atomic mass is 32.1. The molecule has 1 aromatic carbocycles. The quantitative estimate of drug-likeness (QED) is 0.484. The third-order valence-electron chi connectivity index (χ3n) is 4.50. The molecule has 2 aromatic rings. The first-order valence-corrected chi connectivity index (χ1v) is 10.8. The van der Waals surface area contributed by atoms with Crippen LogP contribution in [-0.2, 0) is 4.79 Å². The zero-order valence-corrected chi connectivity index (χ0v) is 17.0. The molecular weight excluding hydrogens is 356 g/mol. The third kappa shape index (κ3) is 7.95. The van der Waals surface area contributed by atoms with E-state index in [2.05, 4.69) is 12.2 Å². The molecule has 0 bridgehead atoms. The van der Waals surface area contributed by atoms with E-state index in [9.17, 15) is 9.59 Å². The predicted octanol–water partition coefficient (Wildman–Crippen LogP) is 5.58. The van der Waals surface area contributed by atoms with Crippen LogP contribution < -0.4 is 5.32 Å². The van der Waals surface area contributed by atoms with Crippen LogP contribution in [0, 0.1) is 0 Å². The van der Waals surface area contributed by atoms with Gasteiger partial charge in [-0.2, -0.15) is 11.3 Å². The monoisotopic (exact) mass is 386 g/mol. The Morgan fingerprint density at radius 2 is 1.70 bits per heavy atom. The fourth-order valence-corrected chi connectivity index (χ4v) is 3.58. The van der Waals surface area contributed by atoms with Crippen molar-refractivity contribution in [3.05, 3.63) is 52.7 Å². The number of carbonyl (C=O) groups is 2. The van der Waals surface area contributed by atoms with Crippen LogP contribution in [-0.4, -0.2) is 29.8 Å². The molecule has 0 aliphatic carbocycles. The van der Waals surface area contributed by atoms with Crippen LogP contribution >= 0.6 is 11.3 Å². The first-order chi connectivity index (χ1) is 13.2. The van der Waals surface area contributed by atoms with E-state index in [0.717, 1.165) is 24.1 Å². The van der Waals surface area contributed by atoms with E-state index in [1.807, 2.05) is 52.1 Å². The summed E-state index contributed by atoms with van der Waals surface area (Å²) < 4.78 is 0. The summed E-state index contributed by atoms with van der Waals surface area (Å²) in [6.07, 6.45) is 7.40. The zero-order chi connectivity index (χ0) is 19.3. The van der Waals surface area contributed by atoms with Crippen LogP contribution in [0.4, 0.5) is 5.69 Å². The summed E-state index contributed by atoms with van der Waals surface area (Å²) >= 11 is 1.52. The number of para-hydroxylation sites is 1. The van der Waals surface area contributed by atoms with E-state index < -0.39 is 0 Å². The summed E-state index contributed by atoms with van der Waals surface area (Å²) in [6.45, 7) is 3.36. The number of anilines is 1. The number of hydrogen-bond donors (Lipinski definition) is 1. The Morgan fingerprint density at radius 3 is 2.41 bits per heavy atom. The standard InChI is InChI=1S/C22H30N2O2S/c1-2-3-4-5-6-10-15-24(22(26)19-14-17-27-18-19)16-13-21(25)23-20-11-8-7-9-12-20/h7-9,11-12,14,17-18H,2-6,10,13,15-16H2,1H3,(H,23,25). The van der Waals surface area contributed by atoms with Crippen molar-refractivity contribution in [2.24, 2.45) is 0 Å². The molecule has 1 heterocycles. The van der Waals surface area contributed by atoms with Crippen molar-refractivity contribution >= 4 is 28.8 Å². The molecule has 2 amide bonds. The SMILES string of the molecule is CCCCCCCCN(CCC(=O)Nc1ccccc1)C(=O)c1ccsc1. The molecule has 2 rings (SSSR count). The predicted molar refractivity (Wildman–Crippen MR) is 113 cm³/mol. The first kappa shape index (κ1) is 21.2. The van der Waals surface area contributed by atoms with Gasteiger partial charge >= 0.3 is 0 Å². The normalized spacial score (nSPS) is 10.6. The van der Waals surface area contributed by atoms with E-state index in [-0.39, 0.29) is 11.8 Å². The van der Waals surface area contributed by atoms with Crippen LogP contribution in [0.5, 0.6) is 0 Å². The van der Waals surface area contributed by atoms with Crippen molar-refractivity contribution in [2.75, 3.05) is 18.4 Å². The summed E-state index contributed by atoms with van der Waals surface area (Å²) in [4.78, 5) is 26.8. The molecule has 27 heavy (non-hydrogen) atoms. The highest BCUT2D eigenvalue weighted by molar-refractivity contribution is 7.08. The maximum absolute atomic E-state index is 12.7. The van der Waals surface area contributed by atoms with Crippen molar-refractivity contribution in [1.29, 1.82) is 0 Å². The Kier molecular flexibility index (Phi) is 9.63. The van der Waals surface area contributed by atoms with Gasteiger partial charge in [0.2, 0.25) is 5.91 Å². The fraction of sp³-hybridized carbons (Fsp3) is 0.455. The van der Waals surface area contributed by atoms with E-state index >= 15 is 0 Å². The smallest absolute Gasteiger partial charge is 0.254 e. The lowest BCUT2D eigenvalue weighted by molar-refractivity contribution is -0.116. The number of benzene rings is 1. The van der Waals surface area contributed by atoms with Gasteiger partial charge in [0, 0.05) is 30.6 Å². The zero-order valence-electron chi connectivity index (χ0n) is 16.2. The third-order valence-corrected chi connectivity index (χ3v) is 5.19. The molecule has 4 nitrogen and oxygen atoms in total. The Hall–Kier alpha value is -2.14. The van der Waals surface area contributed by atoms with Gasteiger partial charge in [-0.25, -0.2) is 0 Å². The summed E-state index contributed by atoms with van der Waals surface area (Å²) in [6, 6.07) is 11.3. The van der Waals surface area contributed by atoms with E-state index in [0.29, 0.717) is 19.5 Å². The lowest BCUT2D eigenvalue weighted by atomic mass is 10.1. The van der Waals surface area contributed by atoms with Gasteiger partial charge in [0.15, 0.2) is 0 Å². The molecule has 1 aromatic heterocycles. The van der Waals surface area contributed by atoms with Crippen molar-refractivity contribution < 1.29 is 9.59 Å². The van der Waals surface area contributed by atoms with Gasteiger partial charge in [-0.05, 0) is 30.0 Å². The second kappa shape index (κ2) is 12.3. The molecular formula is C22H30N2O2S. The number of nitrogens with one attached hydrogen (secondary N) is 1. The van der Waals surface area contributed by atoms with Crippen molar-refractivity contribution in [3.8, 4) is 0 Å². The minimum absolute atomic E-state index is 0.0253. The number of amides is 2. The number of thiophene rings is 1. The fourth-order valence-electron chi connectivity index (χ4n) is 2.95. The average Bonchev–Trinajstić information content (AvgIpc) is 3.22. The molecule has 0 saturated carbocycles. The second-order valence-electron chi connectivity index (χ2n) is 6.74. The molecule has 1 N–H and O–H groups in total. The largest absolute Gasteiger partial charge is 0.338 e. The van der Waals surface area contributed by atoms with Crippen molar-refractivity contribution in [3.63, 3.8) is 0 Å². The van der Waals surface area contributed by atoms with Crippen LogP contribution in [0.3, 0.4) is 0 Å². The highest BCUT2D eigenvalue weighted by Gasteiger charge is 2.17. The molecule has 0 saturated heterocycles. The molecule has 146 valence electrons. The molecule has 0 atom stereocenters. The van der Waals surface area contributed by atoms with Crippen LogP contribution in [0.2, 0.25) is 0 Å². The van der Waals surface area contributed by atoms with Gasteiger partial charge in [-0.15, -0.1) is 0 Å². The lowest BCUT2D eigenvalue weighted by Gasteiger charge is -2.22. The number of unbranched alkanes of at least 4 members (excludes halogenated alkanes) is 5. The summed E-state index contributed by atoms with van der Waals surface area (Å²) in [5.41, 5.74) is 1.50. The van der Waals surface area contributed by atoms with E-state index in [1.165, 1.54) is 37.0 Å². The molecule has 0 fully saturated rings. The van der Waals surface area contributed by atoms with E-state index in [1.54, 1.807) is 0 Å². The lowest BCUT2D eigenvalue weighted by Crippen LogP contribution is -2.34. The van der Waals surface area contributed by atoms with Gasteiger partial charge in [-0.3, -0.25) is 9.59 Å². The average molecular weight is 387 g/mol. The molecule has 0 spiro atoms. The van der Waals surface area contributed by atoms with Gasteiger partial charge in [0.05, 0.1) is 5.56 Å². The Labute approximate surface area is 166 Å². The summed E-state index contributed by atoms with van der Waals surface area (Å²) in [5, 5.41) is 6.68. The van der Waals surface area contributed by atoms with Crippen LogP contribution in [0.15, 0.2) is 47.2 Å². The second-order valence-corrected chi connectivity index (χ2v) is 7.52. The topological polar surface area (TPSA) is 49.4 Å². The number of hydrogen-bond acceptors (Lipinski definition) is 3. The minimum atomic E-state index is -0.0627. The van der Waals surface area contributed by atoms with E-state index in [4.69, 9.17) is 0 Å². The highest BCUT2D eigenvalue weighted by Crippen LogP contribution is 2.13. The van der Waals surface area contributed by atoms with Crippen molar-refractivity contribution in [1.82, 2.24) is 4.90 Å². The van der Waals surface area contributed by atoms with Gasteiger partial charge in [0.25, 0.3) is 5.91 Å². The Bertz CT molecular complexity index is 671. The van der Waals surface area contributed by atoms with Gasteiger partial charge in [-0.1, -0.05) is 57.2 Å². The minimum Gasteiger partial charge on any atom is -0.338 e. The first-order valence-electron chi connectivity index (χ1n) is 9.87. The van der Waals surface area contributed by atoms with Crippen LogP contribution in [0.25, 0.3) is 0 Å². The van der Waals surface area contributed by atoms with Gasteiger partial charge in [0.1, 0.15) is 0 Å². The maximum Gasteiger partial charge on any atom is 0.254 e. The Morgan fingerprint density at radius 1 is 0.963 bits per heavy atom. The summed E-state index contributed by atoms with van der Waals surface area (Å²) in [7, 11) is 0. The molecule has 0 aliphatic heterocycles. The Balaban J connectivity index is 1.83. The van der Waals surface area contributed by atoms with Crippen molar-refractivity contribution in [2.45, 2.75) is 51.9 Å². The summed E-state index contributed by atoms with van der Waals surface area (Å²) in [5.74, 6) is -0.0374. The number of carbonyl (C=O) groups excluding carboxylic acids is 2. The molecule has 0 radical (unpaired) electrons. The molecule has 0 unspecified atom stereocenters. The molecule has 5 heteroatoms. The van der Waals surface area contributed by atoms with Crippen LogP contribution in [0.1, 0.15) is 62.2 Å². The maximum atomic E-state index is 12.7. The number of nitrogens with zero attached hydrogens (tertiary/aromatic N) is 1. The van der Waals surface area contributed by atoms with Gasteiger partial charge < -0.3 is 10.2 Å². The number of rotatable bonds is 12.